The van der Waals surface area contributed by atoms with Crippen LogP contribution < -0.4 is 21.3 Å². The molecule has 2 aliphatic heterocycles. The zero-order valence-corrected chi connectivity index (χ0v) is 56.3. The Labute approximate surface area is 513 Å². The second-order valence-corrected chi connectivity index (χ2v) is 26.8. The summed E-state index contributed by atoms with van der Waals surface area (Å²) in [4.78, 5) is 170. The van der Waals surface area contributed by atoms with E-state index in [0.29, 0.717) is 6.42 Å². The molecule has 2 aliphatic rings. The van der Waals surface area contributed by atoms with E-state index in [4.69, 9.17) is 4.74 Å². The Kier molecular flexibility index (Phi) is 30.1. The van der Waals surface area contributed by atoms with Crippen molar-refractivity contribution in [3.8, 4) is 0 Å². The minimum absolute atomic E-state index is 0.0546. The number of amides is 11. The summed E-state index contributed by atoms with van der Waals surface area (Å²) in [6.07, 6.45) is -0.00109. The fraction of sp³-hybridized carbons (Fsp3) is 0.823. The van der Waals surface area contributed by atoms with Crippen molar-refractivity contribution in [2.45, 2.75) is 228 Å². The molecule has 0 bridgehead atoms. The molecule has 2 fully saturated rings. The van der Waals surface area contributed by atoms with E-state index in [0.717, 1.165) is 4.90 Å². The normalized spacial score (nSPS) is 29.4. The van der Waals surface area contributed by atoms with E-state index < -0.39 is 156 Å². The molecule has 0 aromatic heterocycles. The Hall–Kier alpha value is -5.91. The first-order chi connectivity index (χ1) is 39.8. The van der Waals surface area contributed by atoms with Gasteiger partial charge in [0.1, 0.15) is 60.4 Å². The van der Waals surface area contributed by atoms with Crippen LogP contribution >= 0.6 is 0 Å². The van der Waals surface area contributed by atoms with Gasteiger partial charge in [-0.05, 0) is 100 Å². The van der Waals surface area contributed by atoms with E-state index >= 15 is 14.4 Å². The summed E-state index contributed by atoms with van der Waals surface area (Å²) in [6.45, 7) is 27.7. The van der Waals surface area contributed by atoms with Crippen molar-refractivity contribution >= 4 is 65.0 Å². The van der Waals surface area contributed by atoms with Crippen molar-refractivity contribution in [2.75, 3.05) is 62.5 Å². The summed E-state index contributed by atoms with van der Waals surface area (Å²) < 4.78 is 6.45. The molecular weight excluding hydrogens is 1110 g/mol. The number of ether oxygens (including phenoxy) is 1. The van der Waals surface area contributed by atoms with E-state index in [9.17, 15) is 43.5 Å². The standard InChI is InChI=1S/C62H111N11O13/c1-24-43-58(81)67(17)32-48(75)68(18)44(27-33(2)3)55(78)66-49(37(10)11)61(84)69(19)45(28-34(4)5)54(77)63-40(15)53(76)64-41(16)57(80)70(20)46(29-35(6)7)59(82)71(21)47(30-36(8)9)60(83)72(22)50(38(12)13)62(85)73(23)51(56(79)65-43)52-39(14)31-42(86-52)25-26-74/h33-47,49-52,74H,24-32H2,1-23H3,(H,63,77)(H,64,76)(H,65,79)(H,66,78)/t39-,40+,41-,42?,43+,44+,45+,46+,47+,49+,50+,51+,52-/m1/s1. The van der Waals surface area contributed by atoms with E-state index in [1.807, 2.05) is 62.3 Å². The van der Waals surface area contributed by atoms with Crippen molar-refractivity contribution < 1.29 is 62.6 Å². The summed E-state index contributed by atoms with van der Waals surface area (Å²) in [6, 6.07) is -12.0. The number of aliphatic hydroxyl groups excluding tert-OH is 1. The van der Waals surface area contributed by atoms with Gasteiger partial charge in [-0.15, -0.1) is 0 Å². The van der Waals surface area contributed by atoms with E-state index in [2.05, 4.69) is 21.3 Å². The number of nitrogens with one attached hydrogen (secondary N) is 4. The number of hydrogen-bond donors (Lipinski definition) is 5. The number of hydrogen-bond acceptors (Lipinski definition) is 13. The van der Waals surface area contributed by atoms with Crippen LogP contribution in [0.2, 0.25) is 0 Å². The molecule has 1 unspecified atom stereocenters. The molecule has 2 saturated heterocycles. The molecule has 11 amide bonds. The molecule has 86 heavy (non-hydrogen) atoms. The molecule has 2 heterocycles. The van der Waals surface area contributed by atoms with Crippen LogP contribution in [0.25, 0.3) is 0 Å². The Morgan fingerprint density at radius 1 is 0.477 bits per heavy atom. The molecule has 24 nitrogen and oxygen atoms in total. The van der Waals surface area contributed by atoms with Crippen LogP contribution in [0.3, 0.4) is 0 Å². The largest absolute Gasteiger partial charge is 0.396 e. The molecule has 0 aromatic rings. The third kappa shape index (κ3) is 20.3. The Bertz CT molecular complexity index is 2350. The summed E-state index contributed by atoms with van der Waals surface area (Å²) in [7, 11) is 10.1. The zero-order valence-electron chi connectivity index (χ0n) is 56.3. The van der Waals surface area contributed by atoms with Crippen molar-refractivity contribution in [1.29, 1.82) is 0 Å². The van der Waals surface area contributed by atoms with Crippen molar-refractivity contribution in [3.05, 3.63) is 0 Å². The number of carbonyl (C=O) groups excluding carboxylic acids is 11. The number of likely N-dealkylation sites (N-methyl/N-ethyl adjacent to an activating group) is 7. The molecule has 5 N–H and O–H groups in total. The van der Waals surface area contributed by atoms with Crippen LogP contribution in [0.4, 0.5) is 0 Å². The van der Waals surface area contributed by atoms with Crippen LogP contribution in [0.5, 0.6) is 0 Å². The monoisotopic (exact) mass is 1220 g/mol. The van der Waals surface area contributed by atoms with Gasteiger partial charge in [0.25, 0.3) is 0 Å². The molecule has 0 radical (unpaired) electrons. The molecule has 13 atom stereocenters. The van der Waals surface area contributed by atoms with Gasteiger partial charge in [-0.1, -0.05) is 96.9 Å². The SMILES string of the molecule is CC[C@@H]1NC(=O)[C@H]([C@@H]2OC(CCO)C[C@H]2C)N(C)C(=O)[C@H](C(C)C)N(C)C(=O)[C@H](CC(C)C)N(C)C(=O)[C@H](CC(C)C)N(C)C(=O)[C@@H](C)NC(=O)[C@H](C)NC(=O)[C@H](CC(C)C)N(C)C(=O)[C@H](C(C)C)NC(=O)[C@H](CC(C)C)N(C)C(=O)CN(C)C1=O. The predicted octanol–water partition coefficient (Wildman–Crippen LogP) is 2.48. The van der Waals surface area contributed by atoms with Gasteiger partial charge >= 0.3 is 0 Å². The Morgan fingerprint density at radius 3 is 1.38 bits per heavy atom. The van der Waals surface area contributed by atoms with E-state index in [1.54, 1.807) is 34.6 Å². The highest BCUT2D eigenvalue weighted by atomic mass is 16.5. The van der Waals surface area contributed by atoms with Gasteiger partial charge in [-0.25, -0.2) is 0 Å². The molecule has 0 saturated carbocycles. The molecule has 24 heteroatoms. The van der Waals surface area contributed by atoms with E-state index in [-0.39, 0.29) is 74.7 Å². The second-order valence-electron chi connectivity index (χ2n) is 26.8. The van der Waals surface area contributed by atoms with Crippen LogP contribution in [0, 0.1) is 41.4 Å². The highest BCUT2D eigenvalue weighted by Gasteiger charge is 2.48. The number of nitrogens with zero attached hydrogens (tertiary/aromatic N) is 7. The third-order valence-corrected chi connectivity index (χ3v) is 16.7. The van der Waals surface area contributed by atoms with Gasteiger partial charge in [0, 0.05) is 55.9 Å². The number of carbonyl (C=O) groups is 11. The Morgan fingerprint density at radius 2 is 0.919 bits per heavy atom. The van der Waals surface area contributed by atoms with Gasteiger partial charge in [0.05, 0.1) is 18.8 Å². The molecule has 0 spiro atoms. The first-order valence-corrected chi connectivity index (χ1v) is 31.1. The highest BCUT2D eigenvalue weighted by molar-refractivity contribution is 5.99. The first kappa shape index (κ1) is 76.2. The lowest BCUT2D eigenvalue weighted by atomic mass is 9.92. The molecule has 0 aromatic carbocycles. The highest BCUT2D eigenvalue weighted by Crippen LogP contribution is 2.33. The van der Waals surface area contributed by atoms with Crippen molar-refractivity contribution in [2.24, 2.45) is 41.4 Å². The number of aliphatic hydroxyl groups is 1. The van der Waals surface area contributed by atoms with E-state index in [1.165, 1.54) is 92.6 Å². The maximum absolute atomic E-state index is 15.3. The predicted molar refractivity (Wildman–Crippen MR) is 328 cm³/mol. The third-order valence-electron chi connectivity index (χ3n) is 16.7. The van der Waals surface area contributed by atoms with Crippen LogP contribution in [-0.4, -0.2) is 239 Å². The lowest BCUT2D eigenvalue weighted by molar-refractivity contribution is -0.158. The van der Waals surface area contributed by atoms with Gasteiger partial charge in [-0.2, -0.15) is 0 Å². The minimum Gasteiger partial charge on any atom is -0.396 e. The van der Waals surface area contributed by atoms with Crippen molar-refractivity contribution in [1.82, 2.24) is 55.6 Å². The maximum atomic E-state index is 15.3. The minimum atomic E-state index is -1.38. The smallest absolute Gasteiger partial charge is 0.246 e. The molecular formula is C62H111N11O13. The Balaban J connectivity index is 2.97. The summed E-state index contributed by atoms with van der Waals surface area (Å²) in [5.41, 5.74) is 0. The van der Waals surface area contributed by atoms with Gasteiger partial charge < -0.3 is 65.4 Å². The van der Waals surface area contributed by atoms with Crippen LogP contribution in [-0.2, 0) is 57.5 Å². The maximum Gasteiger partial charge on any atom is 0.246 e. The van der Waals surface area contributed by atoms with Gasteiger partial charge in [-0.3, -0.25) is 52.7 Å². The fourth-order valence-corrected chi connectivity index (χ4v) is 11.5. The lowest BCUT2D eigenvalue weighted by Gasteiger charge is -2.41. The quantitative estimate of drug-likeness (QED) is 0.167. The van der Waals surface area contributed by atoms with Crippen LogP contribution in [0.1, 0.15) is 156 Å². The van der Waals surface area contributed by atoms with Gasteiger partial charge in [0.15, 0.2) is 0 Å². The summed E-state index contributed by atoms with van der Waals surface area (Å²) in [5, 5.41) is 21.0. The topological polar surface area (TPSA) is 288 Å². The molecule has 0 aliphatic carbocycles. The molecule has 492 valence electrons. The summed E-state index contributed by atoms with van der Waals surface area (Å²) in [5.74, 6) is -9.07. The first-order valence-electron chi connectivity index (χ1n) is 31.1. The lowest BCUT2D eigenvalue weighted by Crippen LogP contribution is -2.63. The average molecular weight is 1220 g/mol. The van der Waals surface area contributed by atoms with Crippen LogP contribution in [0.15, 0.2) is 0 Å². The zero-order chi connectivity index (χ0) is 66.3. The van der Waals surface area contributed by atoms with Crippen molar-refractivity contribution in [3.63, 3.8) is 0 Å². The number of rotatable bonds is 14. The average Bonchev–Trinajstić information content (AvgIpc) is 1.54. The fourth-order valence-electron chi connectivity index (χ4n) is 11.5. The second kappa shape index (κ2) is 34.0. The van der Waals surface area contributed by atoms with Gasteiger partial charge in [0.2, 0.25) is 65.0 Å². The summed E-state index contributed by atoms with van der Waals surface area (Å²) >= 11 is 0. The molecule has 2 rings (SSSR count).